The number of pyridine rings is 1. The highest BCUT2D eigenvalue weighted by Crippen LogP contribution is 2.30. The number of carbonyl (C=O) groups is 1. The molecule has 1 aliphatic rings. The van der Waals surface area contributed by atoms with Crippen LogP contribution in [-0.4, -0.2) is 52.3 Å². The molecular formula is C17H26N2O4. The minimum absolute atomic E-state index is 0.0876. The number of nitrogens with one attached hydrogen (secondary N) is 1. The van der Waals surface area contributed by atoms with Crippen LogP contribution < -0.4 is 5.56 Å². The first-order valence-corrected chi connectivity index (χ1v) is 8.20. The predicted molar refractivity (Wildman–Crippen MR) is 87.5 cm³/mol. The van der Waals surface area contributed by atoms with Gasteiger partial charge in [-0.25, -0.2) is 0 Å². The van der Waals surface area contributed by atoms with Crippen molar-refractivity contribution in [2.45, 2.75) is 39.0 Å². The molecule has 1 aromatic rings. The van der Waals surface area contributed by atoms with E-state index in [0.29, 0.717) is 25.9 Å². The van der Waals surface area contributed by atoms with E-state index in [4.69, 9.17) is 0 Å². The predicted octanol–water partition coefficient (Wildman–Crippen LogP) is 1.10. The number of piperidine rings is 1. The fraction of sp³-hybridized carbons (Fsp3) is 0.647. The number of amides is 1. The molecule has 0 bridgehead atoms. The molecule has 1 aliphatic heterocycles. The van der Waals surface area contributed by atoms with Crippen LogP contribution in [0.15, 0.2) is 16.9 Å². The average molecular weight is 322 g/mol. The number of nitrogens with zero attached hydrogens (tertiary/aromatic N) is 1. The molecule has 0 spiro atoms. The summed E-state index contributed by atoms with van der Waals surface area (Å²) in [7, 11) is 0. The van der Waals surface area contributed by atoms with Crippen LogP contribution in [0.3, 0.4) is 0 Å². The molecule has 0 aromatic carbocycles. The average Bonchev–Trinajstić information content (AvgIpc) is 2.60. The Kier molecular flexibility index (Phi) is 5.59. The molecule has 0 aliphatic carbocycles. The van der Waals surface area contributed by atoms with E-state index >= 15 is 0 Å². The Hall–Kier alpha value is -1.66. The second-order valence-corrected chi connectivity index (χ2v) is 6.57. The van der Waals surface area contributed by atoms with Gasteiger partial charge in [0.25, 0.3) is 11.5 Å². The zero-order valence-electron chi connectivity index (χ0n) is 13.8. The van der Waals surface area contributed by atoms with Gasteiger partial charge in [0.15, 0.2) is 0 Å². The van der Waals surface area contributed by atoms with Gasteiger partial charge < -0.3 is 20.1 Å². The Morgan fingerprint density at radius 3 is 2.39 bits per heavy atom. The Balaban J connectivity index is 2.12. The Morgan fingerprint density at radius 1 is 1.30 bits per heavy atom. The maximum absolute atomic E-state index is 12.5. The molecule has 0 saturated carbocycles. The van der Waals surface area contributed by atoms with E-state index in [2.05, 4.69) is 4.98 Å². The molecule has 3 N–H and O–H groups in total. The van der Waals surface area contributed by atoms with Gasteiger partial charge in [0.05, 0.1) is 13.2 Å². The summed E-state index contributed by atoms with van der Waals surface area (Å²) in [5.74, 6) is -0.0389. The van der Waals surface area contributed by atoms with Crippen molar-refractivity contribution in [1.29, 1.82) is 0 Å². The zero-order chi connectivity index (χ0) is 17.0. The molecule has 1 aromatic heterocycles. The Labute approximate surface area is 136 Å². The normalized spacial score (nSPS) is 18.7. The Bertz CT molecular complexity index is 597. The molecule has 128 valence electrons. The van der Waals surface area contributed by atoms with Gasteiger partial charge in [-0.3, -0.25) is 9.59 Å². The van der Waals surface area contributed by atoms with Crippen LogP contribution in [0.2, 0.25) is 0 Å². The largest absolute Gasteiger partial charge is 0.396 e. The molecule has 1 unspecified atom stereocenters. The van der Waals surface area contributed by atoms with Crippen molar-refractivity contribution in [1.82, 2.24) is 9.88 Å². The van der Waals surface area contributed by atoms with Crippen molar-refractivity contribution in [2.75, 3.05) is 26.3 Å². The summed E-state index contributed by atoms with van der Waals surface area (Å²) in [6.07, 6.45) is 1.99. The monoisotopic (exact) mass is 322 g/mol. The second-order valence-electron chi connectivity index (χ2n) is 6.57. The molecular weight excluding hydrogens is 296 g/mol. The van der Waals surface area contributed by atoms with Crippen LogP contribution >= 0.6 is 0 Å². The van der Waals surface area contributed by atoms with Crippen molar-refractivity contribution >= 4 is 5.91 Å². The van der Waals surface area contributed by atoms with E-state index in [-0.39, 0.29) is 36.2 Å². The highest BCUT2D eigenvalue weighted by Gasteiger charge is 2.35. The maximum Gasteiger partial charge on any atom is 0.261 e. The van der Waals surface area contributed by atoms with Crippen molar-refractivity contribution < 1.29 is 15.0 Å². The van der Waals surface area contributed by atoms with E-state index in [1.807, 2.05) is 13.8 Å². The quantitative estimate of drug-likeness (QED) is 0.756. The number of aromatic nitrogens is 1. The van der Waals surface area contributed by atoms with Gasteiger partial charge >= 0.3 is 0 Å². The first kappa shape index (κ1) is 17.7. The van der Waals surface area contributed by atoms with Crippen LogP contribution in [-0.2, 0) is 0 Å². The van der Waals surface area contributed by atoms with Crippen LogP contribution in [0.25, 0.3) is 0 Å². The van der Waals surface area contributed by atoms with Gasteiger partial charge in [0.1, 0.15) is 5.56 Å². The minimum Gasteiger partial charge on any atom is -0.396 e. The second kappa shape index (κ2) is 7.27. The SMILES string of the molecule is CCC(C)c1ccc(C(=O)N2CCC(CO)(CO)CC2)c(=O)[nH]1. The smallest absolute Gasteiger partial charge is 0.261 e. The fourth-order valence-corrected chi connectivity index (χ4v) is 2.89. The van der Waals surface area contributed by atoms with Gasteiger partial charge in [-0.2, -0.15) is 0 Å². The molecule has 1 fully saturated rings. The molecule has 23 heavy (non-hydrogen) atoms. The summed E-state index contributed by atoms with van der Waals surface area (Å²) < 4.78 is 0. The van der Waals surface area contributed by atoms with Gasteiger partial charge in [0.2, 0.25) is 0 Å². The van der Waals surface area contributed by atoms with E-state index in [9.17, 15) is 19.8 Å². The third-order valence-corrected chi connectivity index (χ3v) is 5.09. The standard InChI is InChI=1S/C17H26N2O4/c1-3-12(2)14-5-4-13(15(22)18-14)16(23)19-8-6-17(10-20,11-21)7-9-19/h4-5,12,20-21H,3,6-11H2,1-2H3,(H,18,22). The summed E-state index contributed by atoms with van der Waals surface area (Å²) in [5.41, 5.74) is 0.127. The van der Waals surface area contributed by atoms with Gasteiger partial charge in [0, 0.05) is 24.2 Å². The minimum atomic E-state index is -0.510. The molecule has 1 saturated heterocycles. The summed E-state index contributed by atoms with van der Waals surface area (Å²) in [6.45, 7) is 4.77. The molecule has 2 rings (SSSR count). The summed E-state index contributed by atoms with van der Waals surface area (Å²) in [6, 6.07) is 3.40. The van der Waals surface area contributed by atoms with Crippen molar-refractivity contribution in [3.8, 4) is 0 Å². The number of carbonyl (C=O) groups excluding carboxylic acids is 1. The summed E-state index contributed by atoms with van der Waals surface area (Å²) in [5, 5.41) is 18.8. The third kappa shape index (κ3) is 3.64. The van der Waals surface area contributed by atoms with E-state index in [1.54, 1.807) is 17.0 Å². The number of likely N-dealkylation sites (tertiary alicyclic amines) is 1. The lowest BCUT2D eigenvalue weighted by atomic mass is 9.80. The van der Waals surface area contributed by atoms with Crippen LogP contribution in [0.4, 0.5) is 0 Å². The van der Waals surface area contributed by atoms with Crippen LogP contribution in [0.1, 0.15) is 55.1 Å². The maximum atomic E-state index is 12.5. The molecule has 0 radical (unpaired) electrons. The lowest BCUT2D eigenvalue weighted by Crippen LogP contribution is -2.47. The molecule has 2 heterocycles. The van der Waals surface area contributed by atoms with Crippen LogP contribution in [0.5, 0.6) is 0 Å². The number of aromatic amines is 1. The number of H-pyrrole nitrogens is 1. The fourth-order valence-electron chi connectivity index (χ4n) is 2.89. The number of rotatable bonds is 5. The summed E-state index contributed by atoms with van der Waals surface area (Å²) in [4.78, 5) is 29.2. The molecule has 6 heteroatoms. The van der Waals surface area contributed by atoms with E-state index < -0.39 is 5.41 Å². The van der Waals surface area contributed by atoms with E-state index in [1.165, 1.54) is 0 Å². The molecule has 6 nitrogen and oxygen atoms in total. The number of hydrogen-bond acceptors (Lipinski definition) is 4. The molecule has 1 amide bonds. The van der Waals surface area contributed by atoms with Gasteiger partial charge in [-0.15, -0.1) is 0 Å². The van der Waals surface area contributed by atoms with Gasteiger partial charge in [-0.1, -0.05) is 13.8 Å². The Morgan fingerprint density at radius 2 is 1.91 bits per heavy atom. The number of aliphatic hydroxyl groups is 2. The van der Waals surface area contributed by atoms with Crippen molar-refractivity contribution in [3.63, 3.8) is 0 Å². The lowest BCUT2D eigenvalue weighted by Gasteiger charge is -2.39. The third-order valence-electron chi connectivity index (χ3n) is 5.09. The van der Waals surface area contributed by atoms with Crippen molar-refractivity contribution in [3.05, 3.63) is 33.7 Å². The highest BCUT2D eigenvalue weighted by atomic mass is 16.3. The molecule has 1 atom stereocenters. The van der Waals surface area contributed by atoms with Crippen molar-refractivity contribution in [2.24, 2.45) is 5.41 Å². The highest BCUT2D eigenvalue weighted by molar-refractivity contribution is 5.93. The number of hydrogen-bond donors (Lipinski definition) is 3. The number of aliphatic hydroxyl groups excluding tert-OH is 2. The van der Waals surface area contributed by atoms with Gasteiger partial charge in [-0.05, 0) is 37.3 Å². The summed E-state index contributed by atoms with van der Waals surface area (Å²) >= 11 is 0. The first-order valence-electron chi connectivity index (χ1n) is 8.20. The topological polar surface area (TPSA) is 93.6 Å². The first-order chi connectivity index (χ1) is 11.0. The van der Waals surface area contributed by atoms with Crippen LogP contribution in [0, 0.1) is 5.41 Å². The zero-order valence-corrected chi connectivity index (χ0v) is 13.8. The van der Waals surface area contributed by atoms with E-state index in [0.717, 1.165) is 12.1 Å². The lowest BCUT2D eigenvalue weighted by molar-refractivity contribution is 0.000641.